The molecule has 0 saturated heterocycles. The van der Waals surface area contributed by atoms with Gasteiger partial charge in [-0.25, -0.2) is 0 Å². The van der Waals surface area contributed by atoms with Crippen LogP contribution in [0.5, 0.6) is 0 Å². The Labute approximate surface area is 150 Å². The van der Waals surface area contributed by atoms with Crippen molar-refractivity contribution in [1.29, 1.82) is 0 Å². The number of rotatable bonds is 5. The highest BCUT2D eigenvalue weighted by molar-refractivity contribution is 7.13. The highest BCUT2D eigenvalue weighted by Crippen LogP contribution is 2.12. The Bertz CT molecular complexity index is 601. The van der Waals surface area contributed by atoms with Gasteiger partial charge in [-0.05, 0) is 24.8 Å². The lowest BCUT2D eigenvalue weighted by molar-refractivity contribution is -0.134. The average Bonchev–Trinajstić information content (AvgIpc) is 2.99. The van der Waals surface area contributed by atoms with Crippen LogP contribution in [-0.2, 0) is 19.1 Å². The molecular weight excluding hydrogens is 347 g/mol. The minimum atomic E-state index is -1.04. The van der Waals surface area contributed by atoms with E-state index in [1.807, 2.05) is 23.6 Å². The smallest absolute Gasteiger partial charge is 0.478 e. The number of nitrogens with zero attached hydrogens (tertiary/aromatic N) is 1. The number of amides is 1. The second-order valence-electron chi connectivity index (χ2n) is 4.86. The summed E-state index contributed by atoms with van der Waals surface area (Å²) in [6.07, 6.45) is 4.18. The van der Waals surface area contributed by atoms with Gasteiger partial charge in [0.05, 0.1) is 10.8 Å². The second kappa shape index (κ2) is 11.4. The Hall–Kier alpha value is -2.17. The average molecular weight is 368 g/mol. The first-order valence-electron chi connectivity index (χ1n) is 7.64. The number of carboxylic acid groups (broad SMARTS) is 1. The van der Waals surface area contributed by atoms with Crippen molar-refractivity contribution in [3.8, 4) is 0 Å². The lowest BCUT2D eigenvalue weighted by Gasteiger charge is -2.17. The summed E-state index contributed by atoms with van der Waals surface area (Å²) >= 11 is 1.40. The van der Waals surface area contributed by atoms with Gasteiger partial charge < -0.3 is 24.9 Å². The van der Waals surface area contributed by atoms with E-state index in [1.165, 1.54) is 11.3 Å². The summed E-state index contributed by atoms with van der Waals surface area (Å²) < 4.78 is 5.15. The zero-order valence-corrected chi connectivity index (χ0v) is 14.9. The van der Waals surface area contributed by atoms with Crippen molar-refractivity contribution in [2.75, 3.05) is 13.2 Å². The predicted molar refractivity (Wildman–Crippen MR) is 95.4 cm³/mol. The summed E-state index contributed by atoms with van der Waals surface area (Å²) in [5.41, 5.74) is 0.201. The topological polar surface area (TPSA) is 117 Å². The standard InChI is InChI=1S/C13H17BN2O4S.C2H4O2/c1-2-20-16-12(10-6-5-9-21-10)13(17)15-11-7-3-4-8-19-14(11)18;1-2(3)4/h3-6,9,11,18H,2,7-8H2,1H3,(H,15,17);1H3,(H,3,4)/b16-12-;. The van der Waals surface area contributed by atoms with Gasteiger partial charge in [-0.15, -0.1) is 11.3 Å². The van der Waals surface area contributed by atoms with Gasteiger partial charge in [-0.2, -0.15) is 0 Å². The fourth-order valence-electron chi connectivity index (χ4n) is 1.81. The van der Waals surface area contributed by atoms with Crippen LogP contribution in [0.4, 0.5) is 0 Å². The van der Waals surface area contributed by atoms with Crippen LogP contribution in [0.25, 0.3) is 0 Å². The van der Waals surface area contributed by atoms with Gasteiger partial charge in [0.25, 0.3) is 11.9 Å². The first-order chi connectivity index (χ1) is 12.0. The van der Waals surface area contributed by atoms with Gasteiger partial charge in [0.15, 0.2) is 5.71 Å². The third-order valence-corrected chi connectivity index (χ3v) is 3.71. The number of carbonyl (C=O) groups excluding carboxylic acids is 1. The maximum atomic E-state index is 12.4. The third kappa shape index (κ3) is 7.97. The molecule has 1 unspecified atom stereocenters. The maximum absolute atomic E-state index is 12.4. The van der Waals surface area contributed by atoms with Crippen LogP contribution in [0, 0.1) is 0 Å². The molecule has 25 heavy (non-hydrogen) atoms. The summed E-state index contributed by atoms with van der Waals surface area (Å²) in [4.78, 5) is 27.1. The molecular formula is C15H21BN2O6S. The predicted octanol–water partition coefficient (Wildman–Crippen LogP) is 1.06. The fourth-order valence-corrected chi connectivity index (χ4v) is 2.51. The number of carbonyl (C=O) groups is 2. The quantitative estimate of drug-likeness (QED) is 0.310. The first kappa shape index (κ1) is 20.9. The van der Waals surface area contributed by atoms with E-state index in [0.717, 1.165) is 6.92 Å². The normalized spacial score (nSPS) is 17.2. The Morgan fingerprint density at radius 2 is 2.24 bits per heavy atom. The number of hydrogen-bond donors (Lipinski definition) is 3. The number of hydrogen-bond acceptors (Lipinski definition) is 7. The van der Waals surface area contributed by atoms with E-state index in [2.05, 4.69) is 10.5 Å². The molecule has 0 spiro atoms. The summed E-state index contributed by atoms with van der Waals surface area (Å²) in [5.74, 6) is -1.74. The van der Waals surface area contributed by atoms with E-state index in [9.17, 15) is 9.82 Å². The number of aliphatic carboxylic acids is 1. The van der Waals surface area contributed by atoms with Crippen molar-refractivity contribution in [3.63, 3.8) is 0 Å². The summed E-state index contributed by atoms with van der Waals surface area (Å²) in [6.45, 7) is 3.58. The minimum absolute atomic E-state index is 0.201. The van der Waals surface area contributed by atoms with E-state index < -0.39 is 24.9 Å². The number of carboxylic acids is 1. The van der Waals surface area contributed by atoms with Gasteiger partial charge in [-0.1, -0.05) is 23.4 Å². The zero-order chi connectivity index (χ0) is 18.7. The van der Waals surface area contributed by atoms with Gasteiger partial charge in [-0.3, -0.25) is 9.59 Å². The molecule has 0 radical (unpaired) electrons. The van der Waals surface area contributed by atoms with Crippen LogP contribution in [0.15, 0.2) is 34.8 Å². The van der Waals surface area contributed by atoms with Crippen LogP contribution >= 0.6 is 11.3 Å². The zero-order valence-electron chi connectivity index (χ0n) is 14.0. The molecule has 1 aliphatic rings. The molecule has 8 nitrogen and oxygen atoms in total. The van der Waals surface area contributed by atoms with Crippen molar-refractivity contribution in [2.24, 2.45) is 5.16 Å². The molecule has 10 heteroatoms. The Balaban J connectivity index is 0.000000705. The van der Waals surface area contributed by atoms with Crippen molar-refractivity contribution >= 4 is 36.0 Å². The molecule has 1 aliphatic heterocycles. The lowest BCUT2D eigenvalue weighted by Crippen LogP contribution is -2.49. The van der Waals surface area contributed by atoms with Crippen molar-refractivity contribution in [3.05, 3.63) is 34.5 Å². The molecule has 0 aliphatic carbocycles. The Morgan fingerprint density at radius 1 is 1.52 bits per heavy atom. The van der Waals surface area contributed by atoms with E-state index in [4.69, 9.17) is 19.4 Å². The van der Waals surface area contributed by atoms with Gasteiger partial charge >= 0.3 is 7.12 Å². The monoisotopic (exact) mass is 368 g/mol. The molecule has 0 aromatic carbocycles. The highest BCUT2D eigenvalue weighted by Gasteiger charge is 2.30. The SMILES string of the molecule is CC(=O)O.CCO/N=C(\C(=O)NC1CC=CCOB1O)c1cccs1. The molecule has 0 fully saturated rings. The lowest BCUT2D eigenvalue weighted by atomic mass is 9.77. The van der Waals surface area contributed by atoms with Crippen molar-refractivity contribution in [2.45, 2.75) is 26.2 Å². The van der Waals surface area contributed by atoms with E-state index in [0.29, 0.717) is 24.5 Å². The molecule has 1 amide bonds. The second-order valence-corrected chi connectivity index (χ2v) is 5.81. The molecule has 136 valence electrons. The van der Waals surface area contributed by atoms with Crippen LogP contribution in [0.1, 0.15) is 25.1 Å². The largest absolute Gasteiger partial charge is 0.481 e. The third-order valence-electron chi connectivity index (χ3n) is 2.84. The van der Waals surface area contributed by atoms with Gasteiger partial charge in [0.1, 0.15) is 6.61 Å². The number of nitrogens with one attached hydrogen (secondary N) is 1. The summed E-state index contributed by atoms with van der Waals surface area (Å²) in [7, 11) is -1.04. The maximum Gasteiger partial charge on any atom is 0.478 e. The van der Waals surface area contributed by atoms with Crippen LogP contribution in [-0.4, -0.2) is 54.0 Å². The van der Waals surface area contributed by atoms with Crippen molar-refractivity contribution in [1.82, 2.24) is 5.32 Å². The van der Waals surface area contributed by atoms with Crippen molar-refractivity contribution < 1.29 is 29.2 Å². The highest BCUT2D eigenvalue weighted by atomic mass is 32.1. The number of thiophene rings is 1. The molecule has 0 saturated carbocycles. The van der Waals surface area contributed by atoms with Crippen LogP contribution in [0.2, 0.25) is 0 Å². The number of oxime groups is 1. The molecule has 2 heterocycles. The molecule has 0 bridgehead atoms. The van der Waals surface area contributed by atoms with Crippen LogP contribution in [0.3, 0.4) is 0 Å². The molecule has 1 aromatic heterocycles. The summed E-state index contributed by atoms with van der Waals surface area (Å²) in [6, 6.07) is 3.63. The van der Waals surface area contributed by atoms with E-state index in [-0.39, 0.29) is 5.71 Å². The Kier molecular flexibility index (Phi) is 9.52. The minimum Gasteiger partial charge on any atom is -0.481 e. The van der Waals surface area contributed by atoms with E-state index in [1.54, 1.807) is 13.0 Å². The van der Waals surface area contributed by atoms with Gasteiger partial charge in [0, 0.05) is 13.5 Å². The molecule has 1 aromatic rings. The first-order valence-corrected chi connectivity index (χ1v) is 8.52. The summed E-state index contributed by atoms with van der Waals surface area (Å²) in [5, 5.41) is 25.7. The Morgan fingerprint density at radius 3 is 2.84 bits per heavy atom. The van der Waals surface area contributed by atoms with E-state index >= 15 is 0 Å². The van der Waals surface area contributed by atoms with Gasteiger partial charge in [0.2, 0.25) is 0 Å². The molecule has 2 rings (SSSR count). The molecule has 1 atom stereocenters. The molecule has 3 N–H and O–H groups in total. The van der Waals surface area contributed by atoms with Crippen LogP contribution < -0.4 is 5.32 Å². The fraction of sp³-hybridized carbons (Fsp3) is 0.400.